The van der Waals surface area contributed by atoms with E-state index in [1.165, 1.54) is 0 Å². The Morgan fingerprint density at radius 1 is 1.28 bits per heavy atom. The molecule has 6 nitrogen and oxygen atoms in total. The van der Waals surface area contributed by atoms with Crippen LogP contribution in [0.25, 0.3) is 0 Å². The van der Waals surface area contributed by atoms with Crippen molar-refractivity contribution in [3.05, 3.63) is 35.9 Å². The molecule has 138 valence electrons. The number of hydrogen-bond acceptors (Lipinski definition) is 4. The molecule has 1 aliphatic heterocycles. The van der Waals surface area contributed by atoms with Gasteiger partial charge in [0.25, 0.3) is 0 Å². The van der Waals surface area contributed by atoms with Crippen LogP contribution >= 0.6 is 0 Å². The van der Waals surface area contributed by atoms with E-state index in [1.54, 1.807) is 16.7 Å². The number of hydrogen-bond donors (Lipinski definition) is 1. The van der Waals surface area contributed by atoms with E-state index in [0.717, 1.165) is 12.0 Å². The quantitative estimate of drug-likeness (QED) is 0.856. The number of carbonyl (C=O) groups excluding carboxylic acids is 2. The Morgan fingerprint density at radius 3 is 2.56 bits per heavy atom. The first-order valence-corrected chi connectivity index (χ1v) is 8.90. The minimum absolute atomic E-state index is 0.0229. The first-order chi connectivity index (χ1) is 11.9. The van der Waals surface area contributed by atoms with Gasteiger partial charge in [-0.2, -0.15) is 0 Å². The molecule has 2 N–H and O–H groups in total. The van der Waals surface area contributed by atoms with Crippen molar-refractivity contribution >= 4 is 12.0 Å². The van der Waals surface area contributed by atoms with E-state index < -0.39 is 6.04 Å². The molecule has 1 saturated heterocycles. The highest BCUT2D eigenvalue weighted by Crippen LogP contribution is 2.20. The van der Waals surface area contributed by atoms with Crippen LogP contribution in [0.3, 0.4) is 0 Å². The first-order valence-electron chi connectivity index (χ1n) is 8.90. The highest BCUT2D eigenvalue weighted by molar-refractivity contribution is 5.81. The van der Waals surface area contributed by atoms with Crippen molar-refractivity contribution in [1.82, 2.24) is 9.80 Å². The lowest BCUT2D eigenvalue weighted by molar-refractivity contribution is -0.131. The molecule has 1 heterocycles. The zero-order valence-corrected chi connectivity index (χ0v) is 15.4. The van der Waals surface area contributed by atoms with Gasteiger partial charge in [0.05, 0.1) is 6.04 Å². The van der Waals surface area contributed by atoms with E-state index in [9.17, 15) is 9.59 Å². The van der Waals surface area contributed by atoms with Crippen molar-refractivity contribution in [2.45, 2.75) is 45.9 Å². The third-order valence-electron chi connectivity index (χ3n) is 4.50. The van der Waals surface area contributed by atoms with Crippen molar-refractivity contribution in [2.24, 2.45) is 11.7 Å². The molecule has 2 amide bonds. The number of nitrogens with two attached hydrogens (primary N) is 1. The lowest BCUT2D eigenvalue weighted by atomic mass is 10.1. The second-order valence-electron chi connectivity index (χ2n) is 7.01. The monoisotopic (exact) mass is 347 g/mol. The number of benzene rings is 1. The summed E-state index contributed by atoms with van der Waals surface area (Å²) >= 11 is 0. The van der Waals surface area contributed by atoms with E-state index in [4.69, 9.17) is 10.5 Å². The molecule has 0 radical (unpaired) electrons. The summed E-state index contributed by atoms with van der Waals surface area (Å²) in [5.74, 6) is 0.236. The maximum Gasteiger partial charge on any atom is 0.410 e. The first kappa shape index (κ1) is 19.2. The molecule has 0 aromatic heterocycles. The second-order valence-corrected chi connectivity index (χ2v) is 7.01. The van der Waals surface area contributed by atoms with Crippen LogP contribution in [0.15, 0.2) is 30.3 Å². The minimum atomic E-state index is -0.476. The van der Waals surface area contributed by atoms with Gasteiger partial charge in [-0.1, -0.05) is 30.3 Å². The summed E-state index contributed by atoms with van der Waals surface area (Å²) in [6.07, 6.45) is 0.573. The molecule has 25 heavy (non-hydrogen) atoms. The van der Waals surface area contributed by atoms with E-state index in [0.29, 0.717) is 19.6 Å². The summed E-state index contributed by atoms with van der Waals surface area (Å²) < 4.78 is 5.46. The zero-order chi connectivity index (χ0) is 18.4. The van der Waals surface area contributed by atoms with Crippen molar-refractivity contribution < 1.29 is 14.3 Å². The number of nitrogens with zero attached hydrogens (tertiary/aromatic N) is 2. The second kappa shape index (κ2) is 8.85. The third-order valence-corrected chi connectivity index (χ3v) is 4.50. The van der Waals surface area contributed by atoms with E-state index in [1.807, 2.05) is 44.2 Å². The van der Waals surface area contributed by atoms with Crippen molar-refractivity contribution in [3.8, 4) is 0 Å². The molecular weight excluding hydrogens is 318 g/mol. The predicted octanol–water partition coefficient (Wildman–Crippen LogP) is 2.23. The number of carbonyl (C=O) groups is 2. The molecule has 1 aromatic carbocycles. The van der Waals surface area contributed by atoms with E-state index in [2.05, 4.69) is 0 Å². The molecule has 0 aliphatic carbocycles. The standard InChI is InChI=1S/C19H29N3O3/c1-14(2)22(19(24)25-13-16-7-5-4-6-8-16)12-17-9-10-21(11-17)18(23)15(3)20/h4-8,14-15,17H,9-13,20H2,1-3H3. The van der Waals surface area contributed by atoms with Crippen LogP contribution in [-0.2, 0) is 16.1 Å². The zero-order valence-electron chi connectivity index (χ0n) is 15.4. The fourth-order valence-electron chi connectivity index (χ4n) is 3.05. The molecule has 0 saturated carbocycles. The Morgan fingerprint density at radius 2 is 1.96 bits per heavy atom. The van der Waals surface area contributed by atoms with E-state index in [-0.39, 0.29) is 30.6 Å². The van der Waals surface area contributed by atoms with Crippen LogP contribution in [0.5, 0.6) is 0 Å². The smallest absolute Gasteiger partial charge is 0.410 e. The summed E-state index contributed by atoms with van der Waals surface area (Å²) in [6.45, 7) is 7.87. The van der Waals surface area contributed by atoms with Crippen molar-refractivity contribution in [1.29, 1.82) is 0 Å². The minimum Gasteiger partial charge on any atom is -0.445 e. The van der Waals surface area contributed by atoms with Gasteiger partial charge < -0.3 is 20.3 Å². The molecule has 2 atom stereocenters. The SMILES string of the molecule is CC(N)C(=O)N1CCC(CN(C(=O)OCc2ccccc2)C(C)C)C1. The van der Waals surface area contributed by atoms with Gasteiger partial charge in [-0.3, -0.25) is 4.79 Å². The lowest BCUT2D eigenvalue weighted by Crippen LogP contribution is -2.43. The van der Waals surface area contributed by atoms with Gasteiger partial charge in [0.15, 0.2) is 0 Å². The van der Waals surface area contributed by atoms with Crippen LogP contribution in [-0.4, -0.2) is 53.5 Å². The van der Waals surface area contributed by atoms with Gasteiger partial charge in [0, 0.05) is 25.7 Å². The third kappa shape index (κ3) is 5.46. The summed E-state index contributed by atoms with van der Waals surface area (Å²) in [7, 11) is 0. The Balaban J connectivity index is 1.88. The van der Waals surface area contributed by atoms with E-state index >= 15 is 0 Å². The molecule has 2 unspecified atom stereocenters. The summed E-state index contributed by atoms with van der Waals surface area (Å²) in [5, 5.41) is 0. The summed E-state index contributed by atoms with van der Waals surface area (Å²) in [5.41, 5.74) is 6.64. The highest BCUT2D eigenvalue weighted by Gasteiger charge is 2.31. The lowest BCUT2D eigenvalue weighted by Gasteiger charge is -2.28. The average molecular weight is 347 g/mol. The topological polar surface area (TPSA) is 75.9 Å². The largest absolute Gasteiger partial charge is 0.445 e. The highest BCUT2D eigenvalue weighted by atomic mass is 16.6. The fourth-order valence-corrected chi connectivity index (χ4v) is 3.05. The molecular formula is C19H29N3O3. The van der Waals surface area contributed by atoms with Gasteiger partial charge >= 0.3 is 6.09 Å². The van der Waals surface area contributed by atoms with Crippen LogP contribution in [0, 0.1) is 5.92 Å². The predicted molar refractivity (Wildman–Crippen MR) is 96.8 cm³/mol. The number of ether oxygens (including phenoxy) is 1. The van der Waals surface area contributed by atoms with Crippen molar-refractivity contribution in [3.63, 3.8) is 0 Å². The summed E-state index contributed by atoms with van der Waals surface area (Å²) in [6, 6.07) is 9.21. The van der Waals surface area contributed by atoms with Crippen LogP contribution in [0.4, 0.5) is 4.79 Å². The normalized spacial score (nSPS) is 18.3. The molecule has 1 fully saturated rings. The molecule has 1 aromatic rings. The molecule has 6 heteroatoms. The Hall–Kier alpha value is -2.08. The number of rotatable bonds is 6. The Bertz CT molecular complexity index is 575. The summed E-state index contributed by atoms with van der Waals surface area (Å²) in [4.78, 5) is 28.0. The average Bonchev–Trinajstić information content (AvgIpc) is 3.06. The molecule has 0 bridgehead atoms. The molecule has 1 aliphatic rings. The van der Waals surface area contributed by atoms with Gasteiger partial charge in [-0.25, -0.2) is 4.79 Å². The van der Waals surface area contributed by atoms with Crippen LogP contribution in [0.1, 0.15) is 32.8 Å². The maximum atomic E-state index is 12.5. The fraction of sp³-hybridized carbons (Fsp3) is 0.579. The maximum absolute atomic E-state index is 12.5. The number of likely N-dealkylation sites (tertiary alicyclic amines) is 1. The molecule has 0 spiro atoms. The van der Waals surface area contributed by atoms with Gasteiger partial charge in [-0.05, 0) is 38.7 Å². The van der Waals surface area contributed by atoms with Gasteiger partial charge in [-0.15, -0.1) is 0 Å². The number of amides is 2. The van der Waals surface area contributed by atoms with Crippen LogP contribution in [0.2, 0.25) is 0 Å². The Labute approximate surface area is 149 Å². The van der Waals surface area contributed by atoms with Crippen molar-refractivity contribution in [2.75, 3.05) is 19.6 Å². The molecule has 2 rings (SSSR count). The van der Waals surface area contributed by atoms with Gasteiger partial charge in [0.1, 0.15) is 6.61 Å². The van der Waals surface area contributed by atoms with Gasteiger partial charge in [0.2, 0.25) is 5.91 Å². The van der Waals surface area contributed by atoms with Crippen LogP contribution < -0.4 is 5.73 Å². The Kier molecular flexibility index (Phi) is 6.82.